The number of carbonyl (C=O) groups excluding carboxylic acids is 2. The van der Waals surface area contributed by atoms with Crippen LogP contribution in [-0.4, -0.2) is 36.0 Å². The van der Waals surface area contributed by atoms with Crippen LogP contribution < -0.4 is 0 Å². The van der Waals surface area contributed by atoms with Gasteiger partial charge in [-0.25, -0.2) is 4.79 Å². The summed E-state index contributed by atoms with van der Waals surface area (Å²) in [6, 6.07) is 6.10. The van der Waals surface area contributed by atoms with Gasteiger partial charge in [-0.05, 0) is 56.0 Å². The summed E-state index contributed by atoms with van der Waals surface area (Å²) in [4.78, 5) is 26.1. The van der Waals surface area contributed by atoms with E-state index < -0.39 is 5.97 Å². The van der Waals surface area contributed by atoms with Gasteiger partial charge in [-0.15, -0.1) is 0 Å². The number of benzene rings is 1. The van der Waals surface area contributed by atoms with Gasteiger partial charge in [-0.1, -0.05) is 0 Å². The molecular weight excluding hydrogens is 306 g/mol. The lowest BCUT2D eigenvalue weighted by molar-refractivity contribution is -0.128. The number of ether oxygens (including phenoxy) is 1. The van der Waals surface area contributed by atoms with Crippen molar-refractivity contribution in [2.45, 2.75) is 39.2 Å². The van der Waals surface area contributed by atoms with Crippen LogP contribution in [0.3, 0.4) is 0 Å². The number of nitrogens with zero attached hydrogens (tertiary/aromatic N) is 1. The Kier molecular flexibility index (Phi) is 3.59. The Bertz CT molecular complexity index is 779. The smallest absolute Gasteiger partial charge is 0.374 e. The zero-order chi connectivity index (χ0) is 16.8. The van der Waals surface area contributed by atoms with Crippen LogP contribution in [0, 0.1) is 19.8 Å². The molecule has 2 aliphatic rings. The van der Waals surface area contributed by atoms with Crippen molar-refractivity contribution in [2.75, 3.05) is 13.2 Å². The maximum absolute atomic E-state index is 12.2. The van der Waals surface area contributed by atoms with E-state index in [0.717, 1.165) is 29.4 Å². The number of amides is 1. The number of hydrogen-bond donors (Lipinski definition) is 0. The molecule has 1 aromatic heterocycles. The van der Waals surface area contributed by atoms with Gasteiger partial charge in [0.05, 0.1) is 6.61 Å². The molecule has 0 spiro atoms. The SMILES string of the molecule is Cc1cc2cc(C(=O)OC[C@H]3CC(=O)N(C4CC4)C3)oc2cc1C. The molecule has 1 aliphatic carbocycles. The van der Waals surface area contributed by atoms with Crippen molar-refractivity contribution in [1.82, 2.24) is 4.90 Å². The number of carbonyl (C=O) groups is 2. The lowest BCUT2D eigenvalue weighted by Crippen LogP contribution is -2.27. The first-order valence-corrected chi connectivity index (χ1v) is 8.48. The van der Waals surface area contributed by atoms with Crippen molar-refractivity contribution >= 4 is 22.8 Å². The van der Waals surface area contributed by atoms with Gasteiger partial charge in [0.15, 0.2) is 0 Å². The second-order valence-corrected chi connectivity index (χ2v) is 7.03. The first-order chi connectivity index (χ1) is 11.5. The summed E-state index contributed by atoms with van der Waals surface area (Å²) >= 11 is 0. The third kappa shape index (κ3) is 2.79. The number of aryl methyl sites for hydroxylation is 2. The van der Waals surface area contributed by atoms with E-state index in [1.54, 1.807) is 6.07 Å². The Labute approximate surface area is 140 Å². The quantitative estimate of drug-likeness (QED) is 0.809. The molecule has 5 nitrogen and oxygen atoms in total. The van der Waals surface area contributed by atoms with Gasteiger partial charge < -0.3 is 14.1 Å². The molecule has 2 heterocycles. The zero-order valence-electron chi connectivity index (χ0n) is 14.0. The molecular formula is C19H21NO4. The highest BCUT2D eigenvalue weighted by atomic mass is 16.5. The molecule has 1 saturated heterocycles. The first kappa shape index (κ1) is 15.2. The van der Waals surface area contributed by atoms with Crippen molar-refractivity contribution in [1.29, 1.82) is 0 Å². The molecule has 2 aromatic rings. The monoisotopic (exact) mass is 327 g/mol. The lowest BCUT2D eigenvalue weighted by Gasteiger charge is -2.15. The van der Waals surface area contributed by atoms with E-state index in [4.69, 9.17) is 9.15 Å². The molecule has 1 aliphatic heterocycles. The van der Waals surface area contributed by atoms with Gasteiger partial charge in [-0.2, -0.15) is 0 Å². The standard InChI is InChI=1S/C19H21NO4/c1-11-5-14-8-17(24-16(14)6-12(11)2)19(22)23-10-13-7-18(21)20(9-13)15-3-4-15/h5-6,8,13,15H,3-4,7,9-10H2,1-2H3/t13-/m0/s1. The van der Waals surface area contributed by atoms with Crippen molar-refractivity contribution in [2.24, 2.45) is 5.92 Å². The molecule has 1 aromatic carbocycles. The predicted octanol–water partition coefficient (Wildman–Crippen LogP) is 3.22. The van der Waals surface area contributed by atoms with Crippen LogP contribution in [0.5, 0.6) is 0 Å². The largest absolute Gasteiger partial charge is 0.459 e. The van der Waals surface area contributed by atoms with Gasteiger partial charge in [0, 0.05) is 30.3 Å². The average molecular weight is 327 g/mol. The van der Waals surface area contributed by atoms with E-state index in [-0.39, 0.29) is 24.2 Å². The summed E-state index contributed by atoms with van der Waals surface area (Å²) in [5, 5.41) is 0.904. The predicted molar refractivity (Wildman–Crippen MR) is 88.8 cm³/mol. The van der Waals surface area contributed by atoms with E-state index in [0.29, 0.717) is 24.6 Å². The van der Waals surface area contributed by atoms with E-state index in [1.807, 2.05) is 30.9 Å². The van der Waals surface area contributed by atoms with Gasteiger partial charge in [0.25, 0.3) is 0 Å². The van der Waals surface area contributed by atoms with Crippen LogP contribution in [0.4, 0.5) is 0 Å². The average Bonchev–Trinajstić information content (AvgIpc) is 3.20. The Morgan fingerprint density at radius 3 is 2.75 bits per heavy atom. The third-order valence-corrected chi connectivity index (χ3v) is 5.01. The Balaban J connectivity index is 1.40. The minimum atomic E-state index is -0.459. The van der Waals surface area contributed by atoms with Gasteiger partial charge in [-0.3, -0.25) is 4.79 Å². The Morgan fingerprint density at radius 2 is 2.00 bits per heavy atom. The van der Waals surface area contributed by atoms with Gasteiger partial charge >= 0.3 is 5.97 Å². The van der Waals surface area contributed by atoms with E-state index >= 15 is 0 Å². The van der Waals surface area contributed by atoms with E-state index in [1.165, 1.54) is 0 Å². The molecule has 0 radical (unpaired) electrons. The number of likely N-dealkylation sites (tertiary alicyclic amines) is 1. The van der Waals surface area contributed by atoms with Crippen LogP contribution in [0.2, 0.25) is 0 Å². The van der Waals surface area contributed by atoms with Crippen LogP contribution >= 0.6 is 0 Å². The van der Waals surface area contributed by atoms with Crippen LogP contribution in [-0.2, 0) is 9.53 Å². The fourth-order valence-corrected chi connectivity index (χ4v) is 3.33. The molecule has 1 saturated carbocycles. The van der Waals surface area contributed by atoms with E-state index in [2.05, 4.69) is 0 Å². The van der Waals surface area contributed by atoms with Crippen LogP contribution in [0.25, 0.3) is 11.0 Å². The maximum Gasteiger partial charge on any atom is 0.374 e. The molecule has 1 amide bonds. The summed E-state index contributed by atoms with van der Waals surface area (Å²) in [7, 11) is 0. The second kappa shape index (κ2) is 5.65. The Hall–Kier alpha value is -2.30. The first-order valence-electron chi connectivity index (χ1n) is 8.48. The minimum absolute atomic E-state index is 0.0934. The molecule has 0 bridgehead atoms. The van der Waals surface area contributed by atoms with E-state index in [9.17, 15) is 9.59 Å². The Morgan fingerprint density at radius 1 is 1.25 bits per heavy atom. The zero-order valence-corrected chi connectivity index (χ0v) is 14.0. The van der Waals surface area contributed by atoms with Crippen LogP contribution in [0.15, 0.2) is 22.6 Å². The topological polar surface area (TPSA) is 59.8 Å². The number of rotatable bonds is 4. The minimum Gasteiger partial charge on any atom is -0.459 e. The van der Waals surface area contributed by atoms with Crippen molar-refractivity contribution in [3.63, 3.8) is 0 Å². The van der Waals surface area contributed by atoms with Crippen molar-refractivity contribution < 1.29 is 18.7 Å². The molecule has 0 unspecified atom stereocenters. The summed E-state index contributed by atoms with van der Waals surface area (Å²) < 4.78 is 11.0. The second-order valence-electron chi connectivity index (χ2n) is 7.03. The lowest BCUT2D eigenvalue weighted by atomic mass is 10.1. The van der Waals surface area contributed by atoms with Crippen LogP contribution in [0.1, 0.15) is 40.9 Å². The van der Waals surface area contributed by atoms with Crippen molar-refractivity contribution in [3.05, 3.63) is 35.1 Å². The molecule has 1 atom stereocenters. The summed E-state index contributed by atoms with van der Waals surface area (Å²) in [6.45, 7) is 5.01. The highest BCUT2D eigenvalue weighted by Crippen LogP contribution is 2.32. The third-order valence-electron chi connectivity index (χ3n) is 5.01. The number of esters is 1. The molecule has 24 heavy (non-hydrogen) atoms. The van der Waals surface area contributed by atoms with Gasteiger partial charge in [0.1, 0.15) is 5.58 Å². The summed E-state index contributed by atoms with van der Waals surface area (Å²) in [5.41, 5.74) is 2.98. The molecule has 5 heteroatoms. The molecule has 126 valence electrons. The number of fused-ring (bicyclic) bond motifs is 1. The molecule has 4 rings (SSSR count). The fraction of sp³-hybridized carbons (Fsp3) is 0.474. The number of furan rings is 1. The highest BCUT2D eigenvalue weighted by molar-refractivity contribution is 5.93. The maximum atomic E-state index is 12.2. The normalized spacial score (nSPS) is 20.8. The fourth-order valence-electron chi connectivity index (χ4n) is 3.33. The summed E-state index contributed by atoms with van der Waals surface area (Å²) in [5.74, 6) is 0.0429. The molecule has 0 N–H and O–H groups in total. The number of hydrogen-bond acceptors (Lipinski definition) is 4. The highest BCUT2D eigenvalue weighted by Gasteiger charge is 2.39. The van der Waals surface area contributed by atoms with Gasteiger partial charge in [0.2, 0.25) is 11.7 Å². The summed E-state index contributed by atoms with van der Waals surface area (Å²) in [6.07, 6.45) is 2.69. The van der Waals surface area contributed by atoms with Crippen molar-refractivity contribution in [3.8, 4) is 0 Å². The molecule has 2 fully saturated rings.